The van der Waals surface area contributed by atoms with Crippen LogP contribution in [0.3, 0.4) is 0 Å². The molecular formula is C18H27N3O4. The molecule has 7 heteroatoms. The van der Waals surface area contributed by atoms with Crippen LogP contribution in [0.1, 0.15) is 36.2 Å². The summed E-state index contributed by atoms with van der Waals surface area (Å²) < 4.78 is 5.41. The number of nitro groups is 1. The fourth-order valence-electron chi connectivity index (χ4n) is 3.22. The average Bonchev–Trinajstić information content (AvgIpc) is 2.58. The summed E-state index contributed by atoms with van der Waals surface area (Å²) in [4.78, 5) is 25.5. The first-order valence-corrected chi connectivity index (χ1v) is 8.74. The van der Waals surface area contributed by atoms with Crippen molar-refractivity contribution in [2.24, 2.45) is 5.92 Å². The number of hydrogen-bond acceptors (Lipinski definition) is 5. The molecule has 2 rings (SSSR count). The predicted molar refractivity (Wildman–Crippen MR) is 95.8 cm³/mol. The average molecular weight is 349 g/mol. The first-order valence-electron chi connectivity index (χ1n) is 8.74. The molecule has 1 aliphatic heterocycles. The Kier molecular flexibility index (Phi) is 6.90. The van der Waals surface area contributed by atoms with Crippen LogP contribution in [0.15, 0.2) is 18.2 Å². The van der Waals surface area contributed by atoms with Crippen LogP contribution in [0.4, 0.5) is 5.69 Å². The molecule has 138 valence electrons. The Morgan fingerprint density at radius 1 is 1.36 bits per heavy atom. The van der Waals surface area contributed by atoms with E-state index in [0.717, 1.165) is 19.5 Å². The maximum atomic E-state index is 12.5. The van der Waals surface area contributed by atoms with Crippen LogP contribution in [-0.2, 0) is 4.74 Å². The number of rotatable bonds is 7. The van der Waals surface area contributed by atoms with Crippen LogP contribution in [0.5, 0.6) is 0 Å². The van der Waals surface area contributed by atoms with Gasteiger partial charge in [-0.05, 0) is 25.3 Å². The molecule has 25 heavy (non-hydrogen) atoms. The van der Waals surface area contributed by atoms with Crippen LogP contribution in [0.2, 0.25) is 0 Å². The summed E-state index contributed by atoms with van der Waals surface area (Å²) in [6.07, 6.45) is 0.980. The van der Waals surface area contributed by atoms with Crippen molar-refractivity contribution in [1.82, 2.24) is 10.2 Å². The Balaban J connectivity index is 2.05. The minimum absolute atomic E-state index is 0.0282. The highest BCUT2D eigenvalue weighted by molar-refractivity contribution is 5.96. The van der Waals surface area contributed by atoms with Gasteiger partial charge in [0.05, 0.1) is 18.1 Å². The van der Waals surface area contributed by atoms with E-state index >= 15 is 0 Å². The normalized spacial score (nSPS) is 16.6. The van der Waals surface area contributed by atoms with Gasteiger partial charge in [-0.25, -0.2) is 0 Å². The van der Waals surface area contributed by atoms with E-state index < -0.39 is 4.92 Å². The first-order chi connectivity index (χ1) is 11.9. The maximum absolute atomic E-state index is 12.5. The zero-order valence-electron chi connectivity index (χ0n) is 15.2. The number of amides is 1. The van der Waals surface area contributed by atoms with E-state index in [9.17, 15) is 14.9 Å². The second-order valence-corrected chi connectivity index (χ2v) is 6.85. The number of morpholine rings is 1. The second-order valence-electron chi connectivity index (χ2n) is 6.85. The zero-order valence-corrected chi connectivity index (χ0v) is 15.2. The molecule has 0 radical (unpaired) electrons. The summed E-state index contributed by atoms with van der Waals surface area (Å²) in [6.45, 7) is 9.63. The molecule has 1 aromatic carbocycles. The number of carbonyl (C=O) groups excluding carboxylic acids is 1. The van der Waals surface area contributed by atoms with Crippen LogP contribution >= 0.6 is 0 Å². The van der Waals surface area contributed by atoms with Gasteiger partial charge in [-0.1, -0.05) is 19.9 Å². The molecule has 1 heterocycles. The lowest BCUT2D eigenvalue weighted by atomic mass is 10.0. The maximum Gasteiger partial charge on any atom is 0.273 e. The number of benzene rings is 1. The third-order valence-electron chi connectivity index (χ3n) is 4.55. The first kappa shape index (κ1) is 19.3. The number of carbonyl (C=O) groups is 1. The molecule has 1 fully saturated rings. The number of ether oxygens (including phenoxy) is 1. The molecule has 1 aliphatic rings. The van der Waals surface area contributed by atoms with Crippen LogP contribution in [0.25, 0.3) is 0 Å². The summed E-state index contributed by atoms with van der Waals surface area (Å²) in [5.74, 6) is 0.257. The van der Waals surface area contributed by atoms with Crippen molar-refractivity contribution in [3.8, 4) is 0 Å². The van der Waals surface area contributed by atoms with Crippen LogP contribution in [-0.4, -0.2) is 54.6 Å². The van der Waals surface area contributed by atoms with Crippen molar-refractivity contribution >= 4 is 11.6 Å². The van der Waals surface area contributed by atoms with Gasteiger partial charge >= 0.3 is 0 Å². The lowest BCUT2D eigenvalue weighted by Crippen LogP contribution is -2.49. The molecule has 0 aliphatic carbocycles. The summed E-state index contributed by atoms with van der Waals surface area (Å²) in [5.41, 5.74) is 0.732. The van der Waals surface area contributed by atoms with Gasteiger partial charge in [-0.2, -0.15) is 0 Å². The van der Waals surface area contributed by atoms with Gasteiger partial charge in [0.1, 0.15) is 0 Å². The monoisotopic (exact) mass is 349 g/mol. The van der Waals surface area contributed by atoms with Crippen molar-refractivity contribution in [3.05, 3.63) is 39.4 Å². The molecule has 1 saturated heterocycles. The van der Waals surface area contributed by atoms with E-state index in [1.807, 2.05) is 0 Å². The molecule has 7 nitrogen and oxygen atoms in total. The highest BCUT2D eigenvalue weighted by Crippen LogP contribution is 2.21. The van der Waals surface area contributed by atoms with Crippen molar-refractivity contribution < 1.29 is 14.5 Å². The van der Waals surface area contributed by atoms with E-state index in [1.54, 1.807) is 19.1 Å². The van der Waals surface area contributed by atoms with Gasteiger partial charge in [0.15, 0.2) is 0 Å². The van der Waals surface area contributed by atoms with E-state index in [1.165, 1.54) is 6.07 Å². The van der Waals surface area contributed by atoms with Crippen molar-refractivity contribution in [1.29, 1.82) is 0 Å². The second kappa shape index (κ2) is 8.92. The van der Waals surface area contributed by atoms with E-state index in [2.05, 4.69) is 24.1 Å². The Bertz CT molecular complexity index is 612. The summed E-state index contributed by atoms with van der Waals surface area (Å²) in [7, 11) is 0. The summed E-state index contributed by atoms with van der Waals surface area (Å²) >= 11 is 0. The molecule has 1 N–H and O–H groups in total. The minimum Gasteiger partial charge on any atom is -0.379 e. The van der Waals surface area contributed by atoms with Gasteiger partial charge in [0, 0.05) is 42.9 Å². The van der Waals surface area contributed by atoms with Crippen molar-refractivity contribution in [2.45, 2.75) is 33.2 Å². The van der Waals surface area contributed by atoms with E-state index in [-0.39, 0.29) is 17.6 Å². The molecule has 0 spiro atoms. The SMILES string of the molecule is Cc1c(C(=O)NCC(CC(C)C)N2CCOCC2)cccc1[N+](=O)[O-]. The van der Waals surface area contributed by atoms with Gasteiger partial charge in [0.25, 0.3) is 11.6 Å². The Morgan fingerprint density at radius 2 is 2.04 bits per heavy atom. The zero-order chi connectivity index (χ0) is 18.4. The third kappa shape index (κ3) is 5.24. The highest BCUT2D eigenvalue weighted by atomic mass is 16.6. The third-order valence-corrected chi connectivity index (χ3v) is 4.55. The molecule has 1 aromatic rings. The van der Waals surface area contributed by atoms with Crippen molar-refractivity contribution in [3.63, 3.8) is 0 Å². The molecule has 0 saturated carbocycles. The minimum atomic E-state index is -0.457. The number of nitrogens with zero attached hydrogens (tertiary/aromatic N) is 2. The summed E-state index contributed by atoms with van der Waals surface area (Å²) in [6, 6.07) is 4.84. The molecule has 0 aromatic heterocycles. The van der Waals surface area contributed by atoms with Gasteiger partial charge in [0.2, 0.25) is 0 Å². The molecular weight excluding hydrogens is 322 g/mol. The van der Waals surface area contributed by atoms with E-state index in [0.29, 0.717) is 36.8 Å². The standard InChI is InChI=1S/C18H27N3O4/c1-13(2)11-15(20-7-9-25-10-8-20)12-19-18(22)16-5-4-6-17(14(16)3)21(23)24/h4-6,13,15H,7-12H2,1-3H3,(H,19,22). The van der Waals surface area contributed by atoms with Crippen LogP contribution in [0, 0.1) is 23.0 Å². The Morgan fingerprint density at radius 3 is 2.64 bits per heavy atom. The Labute approximate surface area is 148 Å². The topological polar surface area (TPSA) is 84.7 Å². The lowest BCUT2D eigenvalue weighted by molar-refractivity contribution is -0.385. The van der Waals surface area contributed by atoms with Crippen molar-refractivity contribution in [2.75, 3.05) is 32.8 Å². The van der Waals surface area contributed by atoms with Gasteiger partial charge in [-0.3, -0.25) is 19.8 Å². The van der Waals surface area contributed by atoms with E-state index in [4.69, 9.17) is 4.74 Å². The molecule has 0 bridgehead atoms. The highest BCUT2D eigenvalue weighted by Gasteiger charge is 2.24. The lowest BCUT2D eigenvalue weighted by Gasteiger charge is -2.35. The van der Waals surface area contributed by atoms with Gasteiger partial charge in [-0.15, -0.1) is 0 Å². The Hall–Kier alpha value is -1.99. The largest absolute Gasteiger partial charge is 0.379 e. The molecule has 1 atom stereocenters. The smallest absolute Gasteiger partial charge is 0.273 e. The number of nitrogens with one attached hydrogen (secondary N) is 1. The molecule has 1 unspecified atom stereocenters. The fourth-order valence-corrected chi connectivity index (χ4v) is 3.22. The fraction of sp³-hybridized carbons (Fsp3) is 0.611. The number of hydrogen-bond donors (Lipinski definition) is 1. The quantitative estimate of drug-likeness (QED) is 0.603. The molecule has 1 amide bonds. The van der Waals surface area contributed by atoms with Crippen LogP contribution < -0.4 is 5.32 Å². The van der Waals surface area contributed by atoms with Gasteiger partial charge < -0.3 is 10.1 Å². The predicted octanol–water partition coefficient (Wildman–Crippen LogP) is 2.38. The number of nitro benzene ring substituents is 1. The summed E-state index contributed by atoms with van der Waals surface area (Å²) in [5, 5.41) is 14.0.